The third-order valence-electron chi connectivity index (χ3n) is 6.41. The molecule has 2 aromatic carbocycles. The molecule has 2 aliphatic carbocycles. The molecule has 4 nitrogen and oxygen atoms in total. The van der Waals surface area contributed by atoms with Crippen LogP contribution in [0.3, 0.4) is 0 Å². The fourth-order valence-corrected chi connectivity index (χ4v) is 5.01. The van der Waals surface area contributed by atoms with Crippen molar-refractivity contribution in [3.05, 3.63) is 64.2 Å². The van der Waals surface area contributed by atoms with Crippen LogP contribution in [0.2, 0.25) is 0 Å². The van der Waals surface area contributed by atoms with Gasteiger partial charge in [0.05, 0.1) is 5.56 Å². The molecule has 0 unspecified atom stereocenters. The van der Waals surface area contributed by atoms with Gasteiger partial charge in [0.15, 0.2) is 0 Å². The monoisotopic (exact) mass is 377 g/mol. The van der Waals surface area contributed by atoms with E-state index in [1.807, 2.05) is 0 Å². The zero-order valence-electron chi connectivity index (χ0n) is 16.4. The molecule has 2 N–H and O–H groups in total. The second kappa shape index (κ2) is 7.42. The van der Waals surface area contributed by atoms with Gasteiger partial charge in [-0.05, 0) is 97.0 Å². The summed E-state index contributed by atoms with van der Waals surface area (Å²) >= 11 is 0. The molecule has 4 rings (SSSR count). The van der Waals surface area contributed by atoms with Gasteiger partial charge in [0.25, 0.3) is 5.91 Å². The van der Waals surface area contributed by atoms with Gasteiger partial charge in [-0.25, -0.2) is 4.79 Å². The maximum atomic E-state index is 12.7. The van der Waals surface area contributed by atoms with Gasteiger partial charge in [0, 0.05) is 11.3 Å². The summed E-state index contributed by atoms with van der Waals surface area (Å²) in [5.74, 6) is -1.19. The Bertz CT molecular complexity index is 881. The number of hydrogen-bond acceptors (Lipinski definition) is 2. The molecule has 0 aromatic heterocycles. The van der Waals surface area contributed by atoms with Gasteiger partial charge in [-0.1, -0.05) is 19.8 Å². The molecular formula is C24H27NO3. The predicted molar refractivity (Wildman–Crippen MR) is 110 cm³/mol. The topological polar surface area (TPSA) is 66.4 Å². The lowest BCUT2D eigenvalue weighted by atomic mass is 9.74. The Morgan fingerprint density at radius 3 is 1.96 bits per heavy atom. The van der Waals surface area contributed by atoms with Crippen LogP contribution in [0.1, 0.15) is 82.9 Å². The fourth-order valence-electron chi connectivity index (χ4n) is 5.01. The lowest BCUT2D eigenvalue weighted by Crippen LogP contribution is -2.23. The predicted octanol–water partition coefficient (Wildman–Crippen LogP) is 5.35. The Morgan fingerprint density at radius 1 is 0.893 bits per heavy atom. The summed E-state index contributed by atoms with van der Waals surface area (Å²) in [6.45, 7) is 2.42. The molecule has 0 radical (unpaired) electrons. The van der Waals surface area contributed by atoms with Crippen molar-refractivity contribution in [2.24, 2.45) is 0 Å². The number of benzene rings is 2. The van der Waals surface area contributed by atoms with E-state index in [2.05, 4.69) is 24.4 Å². The van der Waals surface area contributed by atoms with E-state index in [1.54, 1.807) is 17.7 Å². The van der Waals surface area contributed by atoms with Gasteiger partial charge in [-0.15, -0.1) is 0 Å². The van der Waals surface area contributed by atoms with Crippen LogP contribution in [0.15, 0.2) is 36.4 Å². The van der Waals surface area contributed by atoms with Crippen LogP contribution in [0.4, 0.5) is 5.69 Å². The molecule has 0 spiro atoms. The highest BCUT2D eigenvalue weighted by atomic mass is 16.4. The lowest BCUT2D eigenvalue weighted by Gasteiger charge is -2.31. The van der Waals surface area contributed by atoms with Crippen LogP contribution in [-0.2, 0) is 18.3 Å². The first kappa shape index (κ1) is 18.7. The van der Waals surface area contributed by atoms with Gasteiger partial charge >= 0.3 is 5.97 Å². The highest BCUT2D eigenvalue weighted by Crippen LogP contribution is 2.45. The van der Waals surface area contributed by atoms with Crippen LogP contribution >= 0.6 is 0 Å². The van der Waals surface area contributed by atoms with Crippen molar-refractivity contribution < 1.29 is 14.7 Å². The van der Waals surface area contributed by atoms with E-state index < -0.39 is 5.97 Å². The Kier molecular flexibility index (Phi) is 4.96. The number of nitrogens with one attached hydrogen (secondary N) is 1. The zero-order chi connectivity index (χ0) is 19.7. The van der Waals surface area contributed by atoms with E-state index >= 15 is 0 Å². The standard InChI is InChI=1S/C24H27NO3/c1-24-12-4-2-6-18-14-20(15-19(21(18)24)7-3-5-13-24)25-22(26)16-8-10-17(11-9-16)23(27)28/h8-11,14-15H,2-7,12-13H2,1H3,(H,25,26)(H,27,28). The van der Waals surface area contributed by atoms with E-state index in [-0.39, 0.29) is 16.9 Å². The SMILES string of the molecule is CC12CCCCc3cc(NC(=O)c4ccc(C(=O)O)cc4)cc(c31)CCCC2. The Morgan fingerprint density at radius 2 is 1.43 bits per heavy atom. The van der Waals surface area contributed by atoms with Gasteiger partial charge < -0.3 is 10.4 Å². The first-order valence-electron chi connectivity index (χ1n) is 10.3. The van der Waals surface area contributed by atoms with E-state index in [0.29, 0.717) is 5.56 Å². The smallest absolute Gasteiger partial charge is 0.335 e. The summed E-state index contributed by atoms with van der Waals surface area (Å²) < 4.78 is 0. The number of carboxylic acids is 1. The number of hydrogen-bond donors (Lipinski definition) is 2. The largest absolute Gasteiger partial charge is 0.478 e. The summed E-state index contributed by atoms with van der Waals surface area (Å²) in [6, 6.07) is 10.4. The maximum Gasteiger partial charge on any atom is 0.335 e. The molecule has 0 saturated heterocycles. The van der Waals surface area contributed by atoms with Gasteiger partial charge in [0.1, 0.15) is 0 Å². The molecule has 1 amide bonds. The van der Waals surface area contributed by atoms with Crippen molar-refractivity contribution in [2.45, 2.75) is 63.7 Å². The molecule has 2 aliphatic rings. The molecule has 4 heteroatoms. The number of carbonyl (C=O) groups is 2. The van der Waals surface area contributed by atoms with Crippen LogP contribution in [0, 0.1) is 0 Å². The van der Waals surface area contributed by atoms with Crippen molar-refractivity contribution in [1.82, 2.24) is 0 Å². The number of carboxylic acid groups (broad SMARTS) is 1. The summed E-state index contributed by atoms with van der Waals surface area (Å²) in [6.07, 6.45) is 9.61. The number of rotatable bonds is 3. The minimum absolute atomic E-state index is 0.182. The normalized spacial score (nSPS) is 17.8. The number of amides is 1. The molecule has 0 saturated carbocycles. The first-order chi connectivity index (χ1) is 13.5. The van der Waals surface area contributed by atoms with Crippen LogP contribution in [-0.4, -0.2) is 17.0 Å². The van der Waals surface area contributed by atoms with Crippen molar-refractivity contribution in [3.8, 4) is 0 Å². The number of anilines is 1. The first-order valence-corrected chi connectivity index (χ1v) is 10.3. The molecule has 0 heterocycles. The molecule has 0 atom stereocenters. The molecular weight excluding hydrogens is 350 g/mol. The van der Waals surface area contributed by atoms with Crippen LogP contribution in [0.5, 0.6) is 0 Å². The maximum absolute atomic E-state index is 12.7. The second-order valence-electron chi connectivity index (χ2n) is 8.48. The van der Waals surface area contributed by atoms with Gasteiger partial charge in [-0.3, -0.25) is 4.79 Å². The second-order valence-corrected chi connectivity index (χ2v) is 8.48. The molecule has 28 heavy (non-hydrogen) atoms. The minimum Gasteiger partial charge on any atom is -0.478 e. The molecule has 0 fully saturated rings. The lowest BCUT2D eigenvalue weighted by molar-refractivity contribution is 0.0696. The van der Waals surface area contributed by atoms with E-state index in [1.165, 1.54) is 61.8 Å². The minimum atomic E-state index is -0.990. The highest BCUT2D eigenvalue weighted by Gasteiger charge is 2.34. The molecule has 0 aliphatic heterocycles. The molecule has 2 aromatic rings. The summed E-state index contributed by atoms with van der Waals surface area (Å²) in [5, 5.41) is 12.1. The van der Waals surface area contributed by atoms with E-state index in [4.69, 9.17) is 5.11 Å². The third kappa shape index (κ3) is 3.56. The molecule has 146 valence electrons. The Labute approximate surface area is 166 Å². The summed E-state index contributed by atoms with van der Waals surface area (Å²) in [4.78, 5) is 23.7. The van der Waals surface area contributed by atoms with Crippen molar-refractivity contribution in [3.63, 3.8) is 0 Å². The summed E-state index contributed by atoms with van der Waals surface area (Å²) in [5.41, 5.74) is 6.12. The number of aryl methyl sites for hydroxylation is 2. The van der Waals surface area contributed by atoms with Crippen molar-refractivity contribution in [1.29, 1.82) is 0 Å². The Hall–Kier alpha value is -2.62. The number of carbonyl (C=O) groups excluding carboxylic acids is 1. The zero-order valence-corrected chi connectivity index (χ0v) is 16.4. The third-order valence-corrected chi connectivity index (χ3v) is 6.41. The molecule has 0 bridgehead atoms. The van der Waals surface area contributed by atoms with Crippen LogP contribution < -0.4 is 5.32 Å². The highest BCUT2D eigenvalue weighted by molar-refractivity contribution is 6.04. The average Bonchev–Trinajstić information content (AvgIpc) is 2.94. The number of aromatic carboxylic acids is 1. The fraction of sp³-hybridized carbons (Fsp3) is 0.417. The van der Waals surface area contributed by atoms with Crippen molar-refractivity contribution >= 4 is 17.6 Å². The van der Waals surface area contributed by atoms with Crippen LogP contribution in [0.25, 0.3) is 0 Å². The quantitative estimate of drug-likeness (QED) is 0.758. The summed E-state index contributed by atoms with van der Waals surface area (Å²) in [7, 11) is 0. The van der Waals surface area contributed by atoms with Gasteiger partial charge in [-0.2, -0.15) is 0 Å². The Balaban J connectivity index is 1.64. The van der Waals surface area contributed by atoms with E-state index in [9.17, 15) is 9.59 Å². The average molecular weight is 377 g/mol. The van der Waals surface area contributed by atoms with Crippen molar-refractivity contribution in [2.75, 3.05) is 5.32 Å². The van der Waals surface area contributed by atoms with E-state index in [0.717, 1.165) is 18.5 Å². The van der Waals surface area contributed by atoms with Gasteiger partial charge in [0.2, 0.25) is 0 Å².